The van der Waals surface area contributed by atoms with Gasteiger partial charge >= 0.3 is 0 Å². The zero-order valence-electron chi connectivity index (χ0n) is 68.3. The van der Waals surface area contributed by atoms with Crippen molar-refractivity contribution in [3.05, 3.63) is 449 Å². The predicted molar refractivity (Wildman–Crippen MR) is 527 cm³/mol. The summed E-state index contributed by atoms with van der Waals surface area (Å²) >= 11 is 0. The van der Waals surface area contributed by atoms with Gasteiger partial charge in [0.15, 0.2) is 11.2 Å². The third-order valence-corrected chi connectivity index (χ3v) is 26.4. The largest absolute Gasteiger partial charge is 0.454 e. The van der Waals surface area contributed by atoms with Crippen molar-refractivity contribution in [1.29, 1.82) is 0 Å². The van der Waals surface area contributed by atoms with Crippen LogP contribution >= 0.6 is 0 Å². The molecule has 0 aliphatic heterocycles. The minimum atomic E-state index is 0.823. The molecule has 6 nitrogen and oxygen atoms in total. The van der Waals surface area contributed by atoms with Gasteiger partial charge in [-0.1, -0.05) is 328 Å². The molecular weight excluding hydrogens is 1530 g/mol. The highest BCUT2D eigenvalue weighted by atomic mass is 16.3. The van der Waals surface area contributed by atoms with Gasteiger partial charge in [0.25, 0.3) is 0 Å². The Labute approximate surface area is 725 Å². The molecule has 6 heteroatoms. The number of hydrogen-bond acceptors (Lipinski definition) is 2. The summed E-state index contributed by atoms with van der Waals surface area (Å²) in [4.78, 5) is 0. The number of fused-ring (bicyclic) bond motifs is 18. The first-order chi connectivity index (χ1) is 62.5. The molecule has 0 N–H and O–H groups in total. The highest BCUT2D eigenvalue weighted by Crippen LogP contribution is 2.51. The molecule has 0 aliphatic rings. The van der Waals surface area contributed by atoms with Gasteiger partial charge in [0, 0.05) is 76.0 Å². The van der Waals surface area contributed by atoms with E-state index in [-0.39, 0.29) is 0 Å². The molecule has 0 radical (unpaired) electrons. The molecule has 0 aliphatic carbocycles. The van der Waals surface area contributed by atoms with Crippen LogP contribution in [-0.4, -0.2) is 18.3 Å². The fourth-order valence-corrected chi connectivity index (χ4v) is 20.8. The lowest BCUT2D eigenvalue weighted by Gasteiger charge is -2.15. The lowest BCUT2D eigenvalue weighted by atomic mass is 9.91. The summed E-state index contributed by atoms with van der Waals surface area (Å²) in [5, 5.41) is 13.8. The van der Waals surface area contributed by atoms with Crippen molar-refractivity contribution in [3.8, 4) is 123 Å². The monoisotopic (exact) mass is 1600 g/mol. The van der Waals surface area contributed by atoms with Crippen molar-refractivity contribution in [2.45, 2.75) is 0 Å². The van der Waals surface area contributed by atoms with Gasteiger partial charge < -0.3 is 27.1 Å². The zero-order chi connectivity index (χ0) is 82.6. The van der Waals surface area contributed by atoms with E-state index in [4.69, 9.17) is 8.83 Å². The molecule has 6 aromatic heterocycles. The standard InChI is InChI=1S/C120H74N4O2/c1-4-27-75(28-5-1)80-33-24-36-87(69-80)122-107-50-22-17-44-98(107)116-90(46-26-51-111(116)122)85-59-65-110-102(74-85)95-43-16-21-49-106(95)124(110)113-67-62-97(92-40-13-11-38-89(92)79-31-8-3-9-32-79)118-103-73-82(60-68-115(103)126-120(113)118)77-55-53-76(54-56-77)81-34-25-35-86(70-81)121-104-47-19-14-41-93(104)100-71-83(57-63-108(100)121)84-58-64-109-101(72-84)94-42-15-20-48-105(94)123(109)112-66-61-96(117-99-45-18-23-52-114(99)125-119(112)117)91-39-12-10-37-88(91)78-29-6-2-7-30-78/h1-74H. The second-order valence-corrected chi connectivity index (χ2v) is 33.3. The van der Waals surface area contributed by atoms with Crippen LogP contribution in [0.3, 0.4) is 0 Å². The van der Waals surface area contributed by atoms with E-state index in [1.54, 1.807) is 0 Å². The molecule has 6 heterocycles. The van der Waals surface area contributed by atoms with Gasteiger partial charge in [-0.25, -0.2) is 0 Å². The van der Waals surface area contributed by atoms with E-state index in [2.05, 4.69) is 467 Å². The molecule has 0 amide bonds. The van der Waals surface area contributed by atoms with E-state index < -0.39 is 0 Å². The first kappa shape index (κ1) is 71.0. The van der Waals surface area contributed by atoms with E-state index in [9.17, 15) is 0 Å². The van der Waals surface area contributed by atoms with Crippen molar-refractivity contribution < 1.29 is 8.83 Å². The molecule has 0 saturated heterocycles. The van der Waals surface area contributed by atoms with Crippen LogP contribution in [0.5, 0.6) is 0 Å². The van der Waals surface area contributed by atoms with E-state index in [1.807, 2.05) is 0 Å². The molecule has 0 unspecified atom stereocenters. The molecule has 126 heavy (non-hydrogen) atoms. The van der Waals surface area contributed by atoms with Gasteiger partial charge in [0.2, 0.25) is 0 Å². The van der Waals surface area contributed by atoms with Crippen LogP contribution in [0.25, 0.3) is 254 Å². The molecule has 0 spiro atoms. The molecule has 0 saturated carbocycles. The van der Waals surface area contributed by atoms with Crippen LogP contribution in [0.15, 0.2) is 458 Å². The summed E-state index contributed by atoms with van der Waals surface area (Å²) in [6.07, 6.45) is 0. The predicted octanol–water partition coefficient (Wildman–Crippen LogP) is 32.9. The Morgan fingerprint density at radius 2 is 0.460 bits per heavy atom. The molecule has 26 rings (SSSR count). The summed E-state index contributed by atoms with van der Waals surface area (Å²) in [5.74, 6) is 0. The van der Waals surface area contributed by atoms with Crippen LogP contribution in [-0.2, 0) is 0 Å². The maximum absolute atomic E-state index is 7.41. The summed E-state index contributed by atoms with van der Waals surface area (Å²) in [5.41, 5.74) is 37.4. The van der Waals surface area contributed by atoms with Crippen LogP contribution < -0.4 is 0 Å². The number of para-hydroxylation sites is 5. The SMILES string of the molecule is c1ccc(-c2cccc(-n3c4ccccc4c4c(-c5ccc6c(c5)c5ccccc5n6-c5ccc(-c6ccccc6-c6ccccc6)c6c5oc5ccc(-c7ccc(-c8cccc(-n9c%10ccccc%10c%10cc(-c%11ccc%12c(c%11)c%11ccccc%11n%12-c%11ccc(-c%12ccccc%12-c%12ccccc%12)c%12c%11oc%11ccccc%11%12)ccc%109)c8)cc7)cc56)cccc43)c2)cc1. The van der Waals surface area contributed by atoms with Crippen LogP contribution in [0, 0.1) is 0 Å². The summed E-state index contributed by atoms with van der Waals surface area (Å²) in [7, 11) is 0. The molecule has 0 atom stereocenters. The number of aromatic nitrogens is 4. The molecule has 586 valence electrons. The lowest BCUT2D eigenvalue weighted by Crippen LogP contribution is -1.96. The Kier molecular flexibility index (Phi) is 16.0. The van der Waals surface area contributed by atoms with Crippen molar-refractivity contribution >= 4 is 131 Å². The first-order valence-electron chi connectivity index (χ1n) is 43.3. The molecule has 0 bridgehead atoms. The fourth-order valence-electron chi connectivity index (χ4n) is 20.8. The Balaban J connectivity index is 0.552. The molecule has 0 fully saturated rings. The molecular formula is C120H74N4O2. The molecule has 20 aromatic carbocycles. The Morgan fingerprint density at radius 3 is 0.992 bits per heavy atom. The Morgan fingerprint density at radius 1 is 0.143 bits per heavy atom. The molecule has 26 aromatic rings. The third kappa shape index (κ3) is 11.1. The smallest absolute Gasteiger partial charge is 0.160 e. The minimum Gasteiger partial charge on any atom is -0.454 e. The van der Waals surface area contributed by atoms with Gasteiger partial charge in [0.05, 0.1) is 55.5 Å². The number of furan rings is 2. The Bertz CT molecular complexity index is 8960. The van der Waals surface area contributed by atoms with Crippen LogP contribution in [0.1, 0.15) is 0 Å². The van der Waals surface area contributed by atoms with E-state index in [1.165, 1.54) is 82.0 Å². The average Bonchev–Trinajstić information content (AvgIpc) is 1.56. The summed E-state index contributed by atoms with van der Waals surface area (Å²) in [6.45, 7) is 0. The van der Waals surface area contributed by atoms with E-state index in [0.717, 1.165) is 172 Å². The zero-order valence-corrected chi connectivity index (χ0v) is 68.3. The number of nitrogens with zero attached hydrogens (tertiary/aromatic N) is 4. The summed E-state index contributed by atoms with van der Waals surface area (Å²) < 4.78 is 24.1. The minimum absolute atomic E-state index is 0.823. The maximum atomic E-state index is 7.41. The van der Waals surface area contributed by atoms with Crippen molar-refractivity contribution in [3.63, 3.8) is 0 Å². The fraction of sp³-hybridized carbons (Fsp3) is 0. The van der Waals surface area contributed by atoms with Gasteiger partial charge in [-0.15, -0.1) is 0 Å². The summed E-state index contributed by atoms with van der Waals surface area (Å²) in [6, 6.07) is 164. The average molecular weight is 1600 g/mol. The normalized spacial score (nSPS) is 12.0. The second-order valence-electron chi connectivity index (χ2n) is 33.3. The van der Waals surface area contributed by atoms with Gasteiger partial charge in [-0.05, 0) is 221 Å². The number of benzene rings is 20. The van der Waals surface area contributed by atoms with Crippen molar-refractivity contribution in [2.75, 3.05) is 0 Å². The number of rotatable bonds is 13. The third-order valence-electron chi connectivity index (χ3n) is 26.4. The highest BCUT2D eigenvalue weighted by molar-refractivity contribution is 6.22. The Hall–Kier alpha value is -16.8. The number of hydrogen-bond donors (Lipinski definition) is 0. The quantitative estimate of drug-likeness (QED) is 0.115. The van der Waals surface area contributed by atoms with Gasteiger partial charge in [-0.2, -0.15) is 0 Å². The topological polar surface area (TPSA) is 46.0 Å². The van der Waals surface area contributed by atoms with Crippen molar-refractivity contribution in [2.24, 2.45) is 0 Å². The van der Waals surface area contributed by atoms with E-state index in [0.29, 0.717) is 0 Å². The lowest BCUT2D eigenvalue weighted by molar-refractivity contribution is 0.666. The maximum Gasteiger partial charge on any atom is 0.160 e. The van der Waals surface area contributed by atoms with Crippen molar-refractivity contribution in [1.82, 2.24) is 18.3 Å². The van der Waals surface area contributed by atoms with Crippen LogP contribution in [0.2, 0.25) is 0 Å². The van der Waals surface area contributed by atoms with Gasteiger partial charge in [-0.3, -0.25) is 0 Å². The highest BCUT2D eigenvalue weighted by Gasteiger charge is 2.28. The first-order valence-corrected chi connectivity index (χ1v) is 43.3. The van der Waals surface area contributed by atoms with E-state index >= 15 is 0 Å². The van der Waals surface area contributed by atoms with Gasteiger partial charge in [0.1, 0.15) is 11.2 Å². The van der Waals surface area contributed by atoms with Crippen LogP contribution in [0.4, 0.5) is 0 Å². The second kappa shape index (κ2) is 28.4.